The van der Waals surface area contributed by atoms with Gasteiger partial charge < -0.3 is 24.7 Å². The Bertz CT molecular complexity index is 1220. The van der Waals surface area contributed by atoms with E-state index in [4.69, 9.17) is 9.84 Å². The zero-order chi connectivity index (χ0) is 26.3. The number of amides is 2. The standard InChI is InChI=1S/C25H30BrN5O6/c1-2-10-29(14-31-17-9-5-4-8-16(17)27-28-31)23(34)21-25-13-15(26)20(37-25)18(24(35)36)19(25)22(33)30(21)11-6-3-7-12-32/h2,4-5,8-9,15,18-21,32H,1,3,6-7,10-14H2,(H,35,36)/t15?,18-,19+,20-,21-,25+/m0/s1. The van der Waals surface area contributed by atoms with Crippen molar-refractivity contribution >= 4 is 44.7 Å². The molecule has 4 heterocycles. The van der Waals surface area contributed by atoms with Crippen molar-refractivity contribution in [1.82, 2.24) is 24.8 Å². The molecule has 3 aliphatic heterocycles. The van der Waals surface area contributed by atoms with Crippen molar-refractivity contribution in [2.75, 3.05) is 19.7 Å². The average Bonchev–Trinajstić information content (AvgIpc) is 3.59. The number of nitrogens with zero attached hydrogens (tertiary/aromatic N) is 5. The molecular formula is C25H30BrN5O6. The molecule has 12 heteroatoms. The number of fused-ring (bicyclic) bond motifs is 2. The van der Waals surface area contributed by atoms with E-state index in [-0.39, 0.29) is 43.0 Å². The second-order valence-electron chi connectivity index (χ2n) is 9.89. The Morgan fingerprint density at radius 3 is 2.81 bits per heavy atom. The van der Waals surface area contributed by atoms with E-state index in [1.54, 1.807) is 15.7 Å². The summed E-state index contributed by atoms with van der Waals surface area (Å²) in [6, 6.07) is 6.43. The topological polar surface area (TPSA) is 138 Å². The zero-order valence-electron chi connectivity index (χ0n) is 20.3. The molecule has 3 aliphatic rings. The molecule has 1 spiro atoms. The largest absolute Gasteiger partial charge is 0.481 e. The molecule has 2 aromatic rings. The van der Waals surface area contributed by atoms with Crippen LogP contribution in [0.3, 0.4) is 0 Å². The highest BCUT2D eigenvalue weighted by molar-refractivity contribution is 9.09. The first-order valence-corrected chi connectivity index (χ1v) is 13.4. The van der Waals surface area contributed by atoms with Crippen molar-refractivity contribution in [2.24, 2.45) is 11.8 Å². The lowest BCUT2D eigenvalue weighted by atomic mass is 9.70. The van der Waals surface area contributed by atoms with Crippen LogP contribution in [0.1, 0.15) is 25.7 Å². The molecular weight excluding hydrogens is 546 g/mol. The number of halogens is 1. The number of aliphatic hydroxyl groups is 1. The molecule has 1 aromatic carbocycles. The number of ether oxygens (including phenoxy) is 1. The summed E-state index contributed by atoms with van der Waals surface area (Å²) in [6.07, 6.45) is 3.10. The molecule has 11 nitrogen and oxygen atoms in total. The van der Waals surface area contributed by atoms with E-state index in [0.717, 1.165) is 5.52 Å². The molecule has 6 atom stereocenters. The Balaban J connectivity index is 1.51. The summed E-state index contributed by atoms with van der Waals surface area (Å²) in [7, 11) is 0. The van der Waals surface area contributed by atoms with Gasteiger partial charge in [0.05, 0.1) is 23.5 Å². The van der Waals surface area contributed by atoms with Crippen molar-refractivity contribution in [3.63, 3.8) is 0 Å². The first-order chi connectivity index (χ1) is 17.8. The summed E-state index contributed by atoms with van der Waals surface area (Å²) in [5.74, 6) is -3.77. The maximum absolute atomic E-state index is 14.3. The van der Waals surface area contributed by atoms with Crippen LogP contribution in [0.5, 0.6) is 0 Å². The summed E-state index contributed by atoms with van der Waals surface area (Å²) in [6.45, 7) is 4.40. The van der Waals surface area contributed by atoms with Crippen LogP contribution in [0.2, 0.25) is 0 Å². The van der Waals surface area contributed by atoms with Crippen LogP contribution in [-0.2, 0) is 25.8 Å². The van der Waals surface area contributed by atoms with Crippen LogP contribution in [0.25, 0.3) is 11.0 Å². The van der Waals surface area contributed by atoms with E-state index in [1.807, 2.05) is 24.3 Å². The summed E-state index contributed by atoms with van der Waals surface area (Å²) in [5.41, 5.74) is 0.211. The van der Waals surface area contributed by atoms with E-state index in [0.29, 0.717) is 31.2 Å². The van der Waals surface area contributed by atoms with Crippen molar-refractivity contribution in [1.29, 1.82) is 0 Å². The molecule has 0 radical (unpaired) electrons. The number of carboxylic acid groups (broad SMARTS) is 1. The predicted molar refractivity (Wildman–Crippen MR) is 135 cm³/mol. The second kappa shape index (κ2) is 10.1. The van der Waals surface area contributed by atoms with Gasteiger partial charge in [0.15, 0.2) is 0 Å². The fraction of sp³-hybridized carbons (Fsp3) is 0.560. The summed E-state index contributed by atoms with van der Waals surface area (Å²) in [4.78, 5) is 43.1. The number of para-hydroxylation sites is 1. The van der Waals surface area contributed by atoms with Crippen LogP contribution in [0.4, 0.5) is 0 Å². The van der Waals surface area contributed by atoms with E-state index in [2.05, 4.69) is 32.8 Å². The van der Waals surface area contributed by atoms with Crippen LogP contribution >= 0.6 is 15.9 Å². The average molecular weight is 576 g/mol. The lowest BCUT2D eigenvalue weighted by Gasteiger charge is -2.37. The Kier molecular flexibility index (Phi) is 7.08. The van der Waals surface area contributed by atoms with E-state index in [9.17, 15) is 19.5 Å². The van der Waals surface area contributed by atoms with Gasteiger partial charge in [-0.25, -0.2) is 4.68 Å². The van der Waals surface area contributed by atoms with Crippen molar-refractivity contribution < 1.29 is 29.3 Å². The lowest BCUT2D eigenvalue weighted by Crippen LogP contribution is -2.57. The number of likely N-dealkylation sites (tertiary alicyclic amines) is 1. The first kappa shape index (κ1) is 25.8. The number of rotatable bonds is 11. The van der Waals surface area contributed by atoms with Gasteiger partial charge in [0.25, 0.3) is 0 Å². The van der Waals surface area contributed by atoms with Gasteiger partial charge >= 0.3 is 5.97 Å². The molecule has 0 saturated carbocycles. The molecule has 3 fully saturated rings. The third-order valence-electron chi connectivity index (χ3n) is 7.75. The number of aliphatic hydroxyl groups excluding tert-OH is 1. The summed E-state index contributed by atoms with van der Waals surface area (Å²) in [5, 5.41) is 27.6. The van der Waals surface area contributed by atoms with E-state index >= 15 is 0 Å². The highest BCUT2D eigenvalue weighted by Gasteiger charge is 2.76. The zero-order valence-corrected chi connectivity index (χ0v) is 21.9. The molecule has 2 N–H and O–H groups in total. The minimum absolute atomic E-state index is 0.0407. The fourth-order valence-corrected chi connectivity index (χ4v) is 7.17. The number of aliphatic carboxylic acids is 1. The first-order valence-electron chi connectivity index (χ1n) is 12.5. The maximum Gasteiger partial charge on any atom is 0.310 e. The molecule has 1 unspecified atom stereocenters. The molecule has 198 valence electrons. The van der Waals surface area contributed by atoms with Gasteiger partial charge in [-0.15, -0.1) is 11.7 Å². The number of unbranched alkanes of at least 4 members (excludes halogenated alkanes) is 2. The number of carbonyl (C=O) groups excluding carboxylic acids is 2. The normalized spacial score (nSPS) is 30.2. The molecule has 5 rings (SSSR count). The number of alkyl halides is 1. The Morgan fingerprint density at radius 1 is 1.30 bits per heavy atom. The minimum atomic E-state index is -1.24. The molecule has 2 amide bonds. The van der Waals surface area contributed by atoms with Gasteiger partial charge in [0, 0.05) is 24.5 Å². The lowest BCUT2D eigenvalue weighted by molar-refractivity contribution is -0.151. The monoisotopic (exact) mass is 575 g/mol. The highest BCUT2D eigenvalue weighted by Crippen LogP contribution is 2.60. The van der Waals surface area contributed by atoms with Gasteiger partial charge in [-0.2, -0.15) is 0 Å². The number of aromatic nitrogens is 3. The van der Waals surface area contributed by atoms with Crippen molar-refractivity contribution in [3.05, 3.63) is 36.9 Å². The van der Waals surface area contributed by atoms with Crippen LogP contribution in [0.15, 0.2) is 36.9 Å². The summed E-state index contributed by atoms with van der Waals surface area (Å²) >= 11 is 3.56. The molecule has 37 heavy (non-hydrogen) atoms. The van der Waals surface area contributed by atoms with E-state index in [1.165, 1.54) is 4.90 Å². The predicted octanol–water partition coefficient (Wildman–Crippen LogP) is 1.40. The van der Waals surface area contributed by atoms with Crippen molar-refractivity contribution in [2.45, 2.75) is 54.9 Å². The second-order valence-corrected chi connectivity index (χ2v) is 11.1. The maximum atomic E-state index is 14.3. The Labute approximate surface area is 222 Å². The van der Waals surface area contributed by atoms with Gasteiger partial charge in [-0.3, -0.25) is 14.4 Å². The van der Waals surface area contributed by atoms with Gasteiger partial charge in [0.2, 0.25) is 11.8 Å². The number of benzene rings is 1. The fourth-order valence-electron chi connectivity index (χ4n) is 6.23. The third kappa shape index (κ3) is 4.15. The number of hydrogen-bond acceptors (Lipinski definition) is 7. The number of carbonyl (C=O) groups is 3. The Morgan fingerprint density at radius 2 is 2.08 bits per heavy atom. The Hall–Kier alpha value is -2.83. The quantitative estimate of drug-likeness (QED) is 0.233. The van der Waals surface area contributed by atoms with Crippen molar-refractivity contribution in [3.8, 4) is 0 Å². The minimum Gasteiger partial charge on any atom is -0.481 e. The smallest absolute Gasteiger partial charge is 0.310 e. The molecule has 3 saturated heterocycles. The van der Waals surface area contributed by atoms with E-state index < -0.39 is 35.6 Å². The van der Waals surface area contributed by atoms with Gasteiger partial charge in [0.1, 0.15) is 23.8 Å². The van der Waals surface area contributed by atoms with Gasteiger partial charge in [-0.05, 0) is 37.8 Å². The third-order valence-corrected chi connectivity index (χ3v) is 8.60. The van der Waals surface area contributed by atoms with Crippen LogP contribution in [-0.4, -0.2) is 95.1 Å². The van der Waals surface area contributed by atoms with Crippen LogP contribution in [0, 0.1) is 11.8 Å². The molecule has 1 aromatic heterocycles. The highest BCUT2D eigenvalue weighted by atomic mass is 79.9. The SMILES string of the molecule is C=CCN(Cn1nnc2ccccc21)C(=O)[C@@H]1N(CCCCCO)C(=O)[C@H]2[C@H](C(=O)O)[C@H]3O[C@@]12CC3Br. The van der Waals surface area contributed by atoms with Gasteiger partial charge in [-0.1, -0.05) is 39.4 Å². The van der Waals surface area contributed by atoms with Crippen LogP contribution < -0.4 is 0 Å². The summed E-state index contributed by atoms with van der Waals surface area (Å²) < 4.78 is 7.95. The number of carboxylic acids is 1. The molecule has 2 bridgehead atoms. The number of hydrogen-bond donors (Lipinski definition) is 2. The molecule has 0 aliphatic carbocycles.